The maximum Gasteiger partial charge on any atom is 0.393 e. The molecule has 0 amide bonds. The third-order valence-corrected chi connectivity index (χ3v) is 3.77. The van der Waals surface area contributed by atoms with Gasteiger partial charge in [-0.25, -0.2) is 8.78 Å². The minimum atomic E-state index is -4.60. The Bertz CT molecular complexity index is 448. The molecule has 0 aromatic heterocycles. The molecule has 0 heterocycles. The van der Waals surface area contributed by atoms with Gasteiger partial charge in [0.05, 0.1) is 21.6 Å². The van der Waals surface area contributed by atoms with E-state index in [0.717, 1.165) is 12.1 Å². The lowest BCUT2D eigenvalue weighted by molar-refractivity contribution is -0.165. The van der Waals surface area contributed by atoms with Crippen molar-refractivity contribution in [3.05, 3.63) is 29.8 Å². The van der Waals surface area contributed by atoms with Crippen molar-refractivity contribution in [2.75, 3.05) is 12.3 Å². The van der Waals surface area contributed by atoms with Crippen molar-refractivity contribution in [1.29, 1.82) is 0 Å². The van der Waals surface area contributed by atoms with Gasteiger partial charge in [-0.3, -0.25) is 4.21 Å². The fourth-order valence-electron chi connectivity index (χ4n) is 1.23. The Balaban J connectivity index is 2.88. The first-order chi connectivity index (χ1) is 8.25. The van der Waals surface area contributed by atoms with Gasteiger partial charge < -0.3 is 5.73 Å². The standard InChI is InChI=1S/C10H10F5NOS/c11-7-1-2-9(8(12)3-7)18(17)5-6(4-16)10(13,14)15/h1-3,6H,4-5,16H2. The highest BCUT2D eigenvalue weighted by molar-refractivity contribution is 7.85. The molecule has 0 radical (unpaired) electrons. The molecule has 2 nitrogen and oxygen atoms in total. The first-order valence-corrected chi connectivity index (χ1v) is 6.17. The second-order valence-corrected chi connectivity index (χ2v) is 5.03. The van der Waals surface area contributed by atoms with Crippen LogP contribution in [0.5, 0.6) is 0 Å². The number of nitrogens with two attached hydrogens (primary N) is 1. The van der Waals surface area contributed by atoms with Crippen molar-refractivity contribution in [2.24, 2.45) is 11.7 Å². The van der Waals surface area contributed by atoms with E-state index in [4.69, 9.17) is 5.73 Å². The summed E-state index contributed by atoms with van der Waals surface area (Å²) in [5.74, 6) is -4.85. The van der Waals surface area contributed by atoms with E-state index in [-0.39, 0.29) is 0 Å². The third-order valence-electron chi connectivity index (χ3n) is 2.24. The zero-order chi connectivity index (χ0) is 13.9. The van der Waals surface area contributed by atoms with Gasteiger partial charge >= 0.3 is 6.18 Å². The lowest BCUT2D eigenvalue weighted by atomic mass is 10.2. The molecule has 0 aliphatic heterocycles. The number of alkyl halides is 3. The van der Waals surface area contributed by atoms with Crippen LogP contribution in [0.1, 0.15) is 0 Å². The second-order valence-electron chi connectivity index (χ2n) is 3.56. The molecule has 0 fully saturated rings. The van der Waals surface area contributed by atoms with Gasteiger partial charge in [-0.05, 0) is 12.1 Å². The van der Waals surface area contributed by atoms with Gasteiger partial charge in [-0.15, -0.1) is 0 Å². The van der Waals surface area contributed by atoms with Gasteiger partial charge in [-0.2, -0.15) is 13.2 Å². The largest absolute Gasteiger partial charge is 0.393 e. The van der Waals surface area contributed by atoms with E-state index >= 15 is 0 Å². The predicted octanol–water partition coefficient (Wildman–Crippen LogP) is 2.21. The molecule has 8 heteroatoms. The molecule has 2 N–H and O–H groups in total. The number of rotatable bonds is 4. The molecule has 2 atom stereocenters. The number of hydrogen-bond donors (Lipinski definition) is 1. The summed E-state index contributed by atoms with van der Waals surface area (Å²) in [7, 11) is -2.22. The molecule has 18 heavy (non-hydrogen) atoms. The van der Waals surface area contributed by atoms with Crippen LogP contribution in [0.2, 0.25) is 0 Å². The summed E-state index contributed by atoms with van der Waals surface area (Å²) >= 11 is 0. The highest BCUT2D eigenvalue weighted by Gasteiger charge is 2.39. The van der Waals surface area contributed by atoms with Crippen LogP contribution in [0, 0.1) is 17.6 Å². The molecular weight excluding hydrogens is 277 g/mol. The smallest absolute Gasteiger partial charge is 0.330 e. The zero-order valence-electron chi connectivity index (χ0n) is 9.01. The summed E-state index contributed by atoms with van der Waals surface area (Å²) in [4.78, 5) is -0.459. The highest BCUT2D eigenvalue weighted by atomic mass is 32.2. The Hall–Kier alpha value is -1.02. The molecule has 0 bridgehead atoms. The number of hydrogen-bond acceptors (Lipinski definition) is 2. The quantitative estimate of drug-likeness (QED) is 0.863. The predicted molar refractivity (Wildman–Crippen MR) is 56.2 cm³/mol. The number of benzene rings is 1. The van der Waals surface area contributed by atoms with E-state index in [1.54, 1.807) is 0 Å². The van der Waals surface area contributed by atoms with Crippen LogP contribution in [-0.4, -0.2) is 22.7 Å². The monoisotopic (exact) mass is 287 g/mol. The Morgan fingerprint density at radius 1 is 1.28 bits per heavy atom. The molecule has 0 saturated heterocycles. The molecule has 0 saturated carbocycles. The Kier molecular flexibility index (Phi) is 4.80. The Morgan fingerprint density at radius 3 is 2.33 bits per heavy atom. The van der Waals surface area contributed by atoms with Crippen molar-refractivity contribution in [3.8, 4) is 0 Å². The summed E-state index contributed by atoms with van der Waals surface area (Å²) in [6.45, 7) is -0.738. The Labute approximate surface area is 102 Å². The molecule has 0 aliphatic rings. The lowest BCUT2D eigenvalue weighted by Gasteiger charge is -2.17. The van der Waals surface area contributed by atoms with Gasteiger partial charge in [0.2, 0.25) is 0 Å². The van der Waals surface area contributed by atoms with E-state index < -0.39 is 51.7 Å². The second kappa shape index (κ2) is 5.75. The molecular formula is C10H10F5NOS. The maximum absolute atomic E-state index is 13.2. The fourth-order valence-corrected chi connectivity index (χ4v) is 2.59. The Morgan fingerprint density at radius 2 is 1.89 bits per heavy atom. The van der Waals surface area contributed by atoms with Gasteiger partial charge in [-0.1, -0.05) is 0 Å². The molecule has 0 spiro atoms. The third kappa shape index (κ3) is 3.74. The number of halogens is 5. The summed E-state index contributed by atoms with van der Waals surface area (Å²) in [6, 6.07) is 2.17. The molecule has 102 valence electrons. The summed E-state index contributed by atoms with van der Waals surface area (Å²) < 4.78 is 74.6. The summed E-state index contributed by atoms with van der Waals surface area (Å²) in [6.07, 6.45) is -4.60. The van der Waals surface area contributed by atoms with Crippen LogP contribution in [0.15, 0.2) is 23.1 Å². The molecule has 1 aromatic rings. The van der Waals surface area contributed by atoms with Gasteiger partial charge in [0, 0.05) is 18.4 Å². The van der Waals surface area contributed by atoms with Crippen LogP contribution < -0.4 is 5.73 Å². The van der Waals surface area contributed by atoms with Gasteiger partial charge in [0.1, 0.15) is 11.6 Å². The average molecular weight is 287 g/mol. The maximum atomic E-state index is 13.2. The van der Waals surface area contributed by atoms with E-state index in [9.17, 15) is 26.2 Å². The van der Waals surface area contributed by atoms with Crippen molar-refractivity contribution in [3.63, 3.8) is 0 Å². The van der Waals surface area contributed by atoms with Gasteiger partial charge in [0.15, 0.2) is 0 Å². The van der Waals surface area contributed by atoms with E-state index in [1.807, 2.05) is 0 Å². The zero-order valence-corrected chi connectivity index (χ0v) is 9.82. The van der Waals surface area contributed by atoms with Crippen molar-refractivity contribution in [2.45, 2.75) is 11.1 Å². The average Bonchev–Trinajstić information content (AvgIpc) is 2.23. The lowest BCUT2D eigenvalue weighted by Crippen LogP contribution is -2.34. The SMILES string of the molecule is NCC(CS(=O)c1ccc(F)cc1F)C(F)(F)F. The van der Waals surface area contributed by atoms with E-state index in [0.29, 0.717) is 6.07 Å². The van der Waals surface area contributed by atoms with Crippen molar-refractivity contribution >= 4 is 10.8 Å². The van der Waals surface area contributed by atoms with Crippen molar-refractivity contribution in [1.82, 2.24) is 0 Å². The first kappa shape index (κ1) is 15.0. The highest BCUT2D eigenvalue weighted by Crippen LogP contribution is 2.27. The van der Waals surface area contributed by atoms with Crippen LogP contribution in [0.4, 0.5) is 22.0 Å². The fraction of sp³-hybridized carbons (Fsp3) is 0.400. The van der Waals surface area contributed by atoms with Crippen LogP contribution in [-0.2, 0) is 10.8 Å². The summed E-state index contributed by atoms with van der Waals surface area (Å²) in [5.41, 5.74) is 4.94. The van der Waals surface area contributed by atoms with Crippen molar-refractivity contribution < 1.29 is 26.2 Å². The minimum Gasteiger partial charge on any atom is -0.330 e. The molecule has 2 unspecified atom stereocenters. The summed E-state index contributed by atoms with van der Waals surface area (Å²) in [5, 5.41) is 0. The van der Waals surface area contributed by atoms with E-state index in [1.165, 1.54) is 0 Å². The van der Waals surface area contributed by atoms with Crippen LogP contribution in [0.3, 0.4) is 0 Å². The van der Waals surface area contributed by atoms with E-state index in [2.05, 4.69) is 0 Å². The molecule has 0 aliphatic carbocycles. The van der Waals surface area contributed by atoms with Gasteiger partial charge in [0.25, 0.3) is 0 Å². The topological polar surface area (TPSA) is 43.1 Å². The first-order valence-electron chi connectivity index (χ1n) is 4.86. The molecule has 1 aromatic carbocycles. The normalized spacial score (nSPS) is 15.4. The minimum absolute atomic E-state index is 0.459. The molecule has 1 rings (SSSR count). The van der Waals surface area contributed by atoms with Crippen LogP contribution >= 0.6 is 0 Å². The van der Waals surface area contributed by atoms with Crippen LogP contribution in [0.25, 0.3) is 0 Å².